The zero-order chi connectivity index (χ0) is 21.3. The highest BCUT2D eigenvalue weighted by atomic mass is 32.2. The van der Waals surface area contributed by atoms with Gasteiger partial charge in [0, 0.05) is 32.6 Å². The molecule has 3 heterocycles. The van der Waals surface area contributed by atoms with E-state index in [1.807, 2.05) is 19.1 Å². The van der Waals surface area contributed by atoms with Crippen molar-refractivity contribution in [1.29, 1.82) is 0 Å². The fraction of sp³-hybridized carbons (Fsp3) is 0.591. The van der Waals surface area contributed by atoms with Crippen LogP contribution in [0.25, 0.3) is 5.57 Å². The normalized spacial score (nSPS) is 23.0. The smallest absolute Gasteiger partial charge is 0.407 e. The molecule has 7 nitrogen and oxygen atoms in total. The van der Waals surface area contributed by atoms with Crippen molar-refractivity contribution in [3.63, 3.8) is 0 Å². The van der Waals surface area contributed by atoms with Crippen LogP contribution in [0.15, 0.2) is 24.3 Å². The number of nitrogens with zero attached hydrogens (tertiary/aromatic N) is 2. The van der Waals surface area contributed by atoms with Crippen molar-refractivity contribution in [1.82, 2.24) is 9.21 Å². The first-order valence-corrected chi connectivity index (χ1v) is 12.4. The molecule has 1 unspecified atom stereocenters. The maximum Gasteiger partial charge on any atom is 0.407 e. The molecule has 1 N–H and O–H groups in total. The molecule has 0 aliphatic carbocycles. The van der Waals surface area contributed by atoms with E-state index in [-0.39, 0.29) is 11.9 Å². The Bertz CT molecular complexity index is 935. The van der Waals surface area contributed by atoms with Gasteiger partial charge in [0.2, 0.25) is 10.0 Å². The number of fused-ring (bicyclic) bond motifs is 1. The van der Waals surface area contributed by atoms with Crippen LogP contribution < -0.4 is 4.74 Å². The average molecular weight is 435 g/mol. The second kappa shape index (κ2) is 8.59. The summed E-state index contributed by atoms with van der Waals surface area (Å²) in [6.45, 7) is 4.02. The van der Waals surface area contributed by atoms with Crippen LogP contribution >= 0.6 is 0 Å². The van der Waals surface area contributed by atoms with Crippen LogP contribution in [0.1, 0.15) is 43.7 Å². The van der Waals surface area contributed by atoms with Crippen molar-refractivity contribution >= 4 is 21.7 Å². The zero-order valence-corrected chi connectivity index (χ0v) is 18.2. The van der Waals surface area contributed by atoms with Gasteiger partial charge in [0.15, 0.2) is 0 Å². The predicted molar refractivity (Wildman–Crippen MR) is 115 cm³/mol. The summed E-state index contributed by atoms with van der Waals surface area (Å²) in [6, 6.07) is 6.26. The number of carboxylic acid groups (broad SMARTS) is 1. The van der Waals surface area contributed by atoms with E-state index in [4.69, 9.17) is 9.84 Å². The van der Waals surface area contributed by atoms with E-state index in [2.05, 4.69) is 12.1 Å². The van der Waals surface area contributed by atoms with Gasteiger partial charge in [-0.1, -0.05) is 19.1 Å². The molecule has 0 spiro atoms. The third-order valence-electron chi connectivity index (χ3n) is 6.49. The van der Waals surface area contributed by atoms with Crippen molar-refractivity contribution in [3.05, 3.63) is 35.4 Å². The van der Waals surface area contributed by atoms with Crippen LogP contribution in [0.5, 0.6) is 5.75 Å². The minimum atomic E-state index is -3.12. The van der Waals surface area contributed by atoms with Crippen molar-refractivity contribution < 1.29 is 23.1 Å². The fourth-order valence-corrected chi connectivity index (χ4v) is 6.30. The highest BCUT2D eigenvalue weighted by molar-refractivity contribution is 7.89. The van der Waals surface area contributed by atoms with Gasteiger partial charge < -0.3 is 14.7 Å². The summed E-state index contributed by atoms with van der Waals surface area (Å²) < 4.78 is 32.5. The Morgan fingerprint density at radius 3 is 2.63 bits per heavy atom. The number of rotatable bonds is 5. The lowest BCUT2D eigenvalue weighted by Crippen LogP contribution is -2.43. The summed E-state index contributed by atoms with van der Waals surface area (Å²) in [4.78, 5) is 12.5. The van der Waals surface area contributed by atoms with Gasteiger partial charge >= 0.3 is 6.09 Å². The maximum atomic E-state index is 12.3. The van der Waals surface area contributed by atoms with Crippen LogP contribution in [-0.2, 0) is 16.4 Å². The Hall–Kier alpha value is -2.06. The van der Waals surface area contributed by atoms with E-state index in [1.165, 1.54) is 16.0 Å². The summed E-state index contributed by atoms with van der Waals surface area (Å²) in [5.74, 6) is 1.52. The third kappa shape index (κ3) is 4.34. The number of hydrogen-bond donors (Lipinski definition) is 1. The number of benzene rings is 1. The number of ether oxygens (including phenoxy) is 1. The SMILES string of the molecule is CCCS(=O)(=O)N1CCC(C2Cc3cc(C4=CCN(C(=O)O)CC4)ccc3O2)CC1. The lowest BCUT2D eigenvalue weighted by Gasteiger charge is -2.33. The quantitative estimate of drug-likeness (QED) is 0.769. The summed E-state index contributed by atoms with van der Waals surface area (Å²) in [5, 5.41) is 9.11. The molecule has 1 fully saturated rings. The van der Waals surface area contributed by atoms with Gasteiger partial charge in [0.05, 0.1) is 5.75 Å². The fourth-order valence-electron chi connectivity index (χ4n) is 4.76. The molecule has 0 saturated carbocycles. The van der Waals surface area contributed by atoms with E-state index < -0.39 is 16.1 Å². The Morgan fingerprint density at radius 1 is 1.23 bits per heavy atom. The first-order chi connectivity index (χ1) is 14.4. The van der Waals surface area contributed by atoms with E-state index in [9.17, 15) is 13.2 Å². The molecule has 1 saturated heterocycles. The van der Waals surface area contributed by atoms with Crippen molar-refractivity contribution in [3.8, 4) is 5.75 Å². The van der Waals surface area contributed by atoms with Crippen LogP contribution in [0.3, 0.4) is 0 Å². The molecule has 1 amide bonds. The summed E-state index contributed by atoms with van der Waals surface area (Å²) in [7, 11) is -3.12. The van der Waals surface area contributed by atoms with Crippen molar-refractivity contribution in [2.24, 2.45) is 5.92 Å². The van der Waals surface area contributed by atoms with Gasteiger partial charge in [-0.2, -0.15) is 0 Å². The Kier molecular flexibility index (Phi) is 6.06. The molecular formula is C22H30N2O5S. The topological polar surface area (TPSA) is 87.2 Å². The zero-order valence-electron chi connectivity index (χ0n) is 17.4. The van der Waals surface area contributed by atoms with Crippen LogP contribution in [0.4, 0.5) is 4.79 Å². The average Bonchev–Trinajstić information content (AvgIpc) is 3.17. The lowest BCUT2D eigenvalue weighted by atomic mass is 9.89. The number of hydrogen-bond acceptors (Lipinski definition) is 4. The summed E-state index contributed by atoms with van der Waals surface area (Å²) in [6.07, 6.45) is 5.13. The van der Waals surface area contributed by atoms with E-state index in [0.29, 0.717) is 38.5 Å². The number of piperidine rings is 1. The molecule has 0 radical (unpaired) electrons. The number of sulfonamides is 1. The Morgan fingerprint density at radius 2 is 2.00 bits per heavy atom. The van der Waals surface area contributed by atoms with Gasteiger partial charge in [0.1, 0.15) is 11.9 Å². The maximum absolute atomic E-state index is 12.3. The van der Waals surface area contributed by atoms with Crippen molar-refractivity contribution in [2.45, 2.75) is 45.1 Å². The first kappa shape index (κ1) is 21.2. The molecule has 8 heteroatoms. The number of carbonyl (C=O) groups is 1. The molecule has 3 aliphatic heterocycles. The molecule has 1 aromatic rings. The highest BCUT2D eigenvalue weighted by Gasteiger charge is 2.35. The standard InChI is InChI=1S/C22H30N2O5S/c1-2-13-30(27,28)24-11-7-17(8-12-24)21-15-19-14-18(3-4-20(19)29-21)16-5-9-23(10-6-16)22(25)26/h3-5,14,17,21H,2,6-13,15H2,1H3,(H,25,26). The second-order valence-electron chi connectivity index (χ2n) is 8.44. The molecule has 1 atom stereocenters. The molecule has 0 aromatic heterocycles. The predicted octanol–water partition coefficient (Wildman–Crippen LogP) is 3.21. The second-order valence-corrected chi connectivity index (χ2v) is 10.5. The molecule has 0 bridgehead atoms. The Balaban J connectivity index is 1.37. The third-order valence-corrected chi connectivity index (χ3v) is 8.57. The molecular weight excluding hydrogens is 404 g/mol. The van der Waals surface area contributed by atoms with E-state index >= 15 is 0 Å². The Labute approximate surface area is 178 Å². The monoisotopic (exact) mass is 434 g/mol. The van der Waals surface area contributed by atoms with Gasteiger partial charge in [-0.05, 0) is 60.4 Å². The molecule has 4 rings (SSSR count). The minimum Gasteiger partial charge on any atom is -0.490 e. The van der Waals surface area contributed by atoms with Gasteiger partial charge in [0.25, 0.3) is 0 Å². The van der Waals surface area contributed by atoms with E-state index in [1.54, 1.807) is 4.31 Å². The molecule has 164 valence electrons. The van der Waals surface area contributed by atoms with Crippen molar-refractivity contribution in [2.75, 3.05) is 31.9 Å². The van der Waals surface area contributed by atoms with Crippen LogP contribution in [0, 0.1) is 5.92 Å². The highest BCUT2D eigenvalue weighted by Crippen LogP contribution is 2.37. The van der Waals surface area contributed by atoms with Gasteiger partial charge in [-0.15, -0.1) is 0 Å². The van der Waals surface area contributed by atoms with Crippen LogP contribution in [-0.4, -0.2) is 66.9 Å². The minimum absolute atomic E-state index is 0.106. The van der Waals surface area contributed by atoms with Gasteiger partial charge in [-0.3, -0.25) is 0 Å². The number of amides is 1. The lowest BCUT2D eigenvalue weighted by molar-refractivity contribution is 0.116. The van der Waals surface area contributed by atoms with E-state index in [0.717, 1.165) is 37.0 Å². The first-order valence-electron chi connectivity index (χ1n) is 10.8. The molecule has 3 aliphatic rings. The summed E-state index contributed by atoms with van der Waals surface area (Å²) in [5.41, 5.74) is 3.52. The molecule has 1 aromatic carbocycles. The summed E-state index contributed by atoms with van der Waals surface area (Å²) >= 11 is 0. The molecule has 30 heavy (non-hydrogen) atoms. The van der Waals surface area contributed by atoms with Gasteiger partial charge in [-0.25, -0.2) is 17.5 Å². The largest absolute Gasteiger partial charge is 0.490 e. The van der Waals surface area contributed by atoms with Crippen LogP contribution in [0.2, 0.25) is 0 Å².